The molecule has 1 aromatic heterocycles. The summed E-state index contributed by atoms with van der Waals surface area (Å²) in [5.74, 6) is -3.01. The fourth-order valence-electron chi connectivity index (χ4n) is 3.78. The first-order chi connectivity index (χ1) is 16.7. The van der Waals surface area contributed by atoms with E-state index in [1.165, 1.54) is 24.3 Å². The molecule has 1 aliphatic heterocycles. The van der Waals surface area contributed by atoms with Crippen LogP contribution in [0.5, 0.6) is 0 Å². The average molecular weight is 493 g/mol. The van der Waals surface area contributed by atoms with Gasteiger partial charge in [0.25, 0.3) is 11.5 Å². The normalized spacial score (nSPS) is 17.0. The van der Waals surface area contributed by atoms with Crippen LogP contribution in [0.15, 0.2) is 60.2 Å². The molecule has 0 unspecified atom stereocenters. The van der Waals surface area contributed by atoms with Crippen LogP contribution in [0.4, 0.5) is 10.8 Å². The Balaban J connectivity index is 1.94. The van der Waals surface area contributed by atoms with Gasteiger partial charge < -0.3 is 9.84 Å². The number of non-ortho nitro benzene ring substituents is 1. The lowest BCUT2D eigenvalue weighted by atomic mass is 9.95. The molecule has 3 aromatic rings. The third kappa shape index (κ3) is 4.28. The quantitative estimate of drug-likeness (QED) is 0.135. The lowest BCUT2D eigenvalue weighted by Crippen LogP contribution is -2.29. The molecule has 2 heterocycles. The van der Waals surface area contributed by atoms with E-state index in [-0.39, 0.29) is 33.4 Å². The maximum absolute atomic E-state index is 13.2. The Morgan fingerprint density at radius 3 is 2.57 bits per heavy atom. The first-order valence-electron chi connectivity index (χ1n) is 10.5. The van der Waals surface area contributed by atoms with Crippen molar-refractivity contribution in [2.45, 2.75) is 19.9 Å². The van der Waals surface area contributed by atoms with Crippen LogP contribution in [0, 0.1) is 17.0 Å². The van der Waals surface area contributed by atoms with E-state index in [1.807, 2.05) is 0 Å². The topological polar surface area (TPSA) is 140 Å². The van der Waals surface area contributed by atoms with Crippen molar-refractivity contribution in [1.82, 2.24) is 4.98 Å². The average Bonchev–Trinajstić information content (AvgIpc) is 3.36. The Hall–Kier alpha value is -4.38. The summed E-state index contributed by atoms with van der Waals surface area (Å²) in [5, 5.41) is 22.5. The minimum absolute atomic E-state index is 0.0243. The number of hydrogen-bond acceptors (Lipinski definition) is 9. The van der Waals surface area contributed by atoms with E-state index in [2.05, 4.69) is 4.98 Å². The predicted octanol–water partition coefficient (Wildman–Crippen LogP) is 4.16. The molecular formula is C24H19N3O7S. The molecule has 2 aromatic carbocycles. The number of aromatic nitrogens is 1. The highest BCUT2D eigenvalue weighted by Crippen LogP contribution is 2.44. The van der Waals surface area contributed by atoms with E-state index >= 15 is 0 Å². The van der Waals surface area contributed by atoms with Crippen molar-refractivity contribution in [1.29, 1.82) is 0 Å². The van der Waals surface area contributed by atoms with Gasteiger partial charge in [-0.3, -0.25) is 24.6 Å². The van der Waals surface area contributed by atoms with Crippen LogP contribution in [0.3, 0.4) is 0 Å². The number of ether oxygens (including phenoxy) is 1. The number of Topliss-reactive ketones (excluding diaryl/α,β-unsaturated/α-hetero) is 1. The number of anilines is 1. The van der Waals surface area contributed by atoms with Gasteiger partial charge in [0.05, 0.1) is 28.8 Å². The number of aliphatic hydroxyl groups excluding tert-OH is 1. The number of benzene rings is 2. The van der Waals surface area contributed by atoms with Gasteiger partial charge in [-0.15, -0.1) is 0 Å². The Morgan fingerprint density at radius 1 is 1.20 bits per heavy atom. The number of amides is 1. The summed E-state index contributed by atoms with van der Waals surface area (Å²) < 4.78 is 5.04. The summed E-state index contributed by atoms with van der Waals surface area (Å²) >= 11 is 0.858. The van der Waals surface area contributed by atoms with Crippen LogP contribution in [0.25, 0.3) is 5.76 Å². The number of rotatable bonds is 6. The fourth-order valence-corrected chi connectivity index (χ4v) is 4.76. The number of carbonyl (C=O) groups is 3. The molecular weight excluding hydrogens is 474 g/mol. The van der Waals surface area contributed by atoms with Crippen LogP contribution in [-0.2, 0) is 14.3 Å². The van der Waals surface area contributed by atoms with Crippen molar-refractivity contribution in [3.8, 4) is 0 Å². The van der Waals surface area contributed by atoms with E-state index < -0.39 is 34.4 Å². The summed E-state index contributed by atoms with van der Waals surface area (Å²) in [5.41, 5.74) is 0.318. The number of nitro benzene ring substituents is 1. The zero-order valence-corrected chi connectivity index (χ0v) is 19.4. The molecule has 0 saturated carbocycles. The molecule has 35 heavy (non-hydrogen) atoms. The number of aliphatic hydroxyl groups is 1. The number of hydrogen-bond donors (Lipinski definition) is 1. The van der Waals surface area contributed by atoms with Crippen LogP contribution in [0.1, 0.15) is 39.5 Å². The number of ketones is 1. The van der Waals surface area contributed by atoms with Crippen molar-refractivity contribution in [3.63, 3.8) is 0 Å². The van der Waals surface area contributed by atoms with Gasteiger partial charge in [-0.25, -0.2) is 9.78 Å². The number of nitrogens with zero attached hydrogens (tertiary/aromatic N) is 3. The fraction of sp³-hybridized carbons (Fsp3) is 0.167. The molecule has 178 valence electrons. The highest BCUT2D eigenvalue weighted by molar-refractivity contribution is 7.17. The third-order valence-electron chi connectivity index (χ3n) is 5.34. The highest BCUT2D eigenvalue weighted by atomic mass is 32.1. The number of carbonyl (C=O) groups excluding carboxylic acids is 3. The van der Waals surface area contributed by atoms with E-state index in [9.17, 15) is 29.6 Å². The second kappa shape index (κ2) is 9.47. The van der Waals surface area contributed by atoms with E-state index in [4.69, 9.17) is 4.74 Å². The smallest absolute Gasteiger partial charge is 0.350 e. The van der Waals surface area contributed by atoms with Gasteiger partial charge in [-0.2, -0.15) is 0 Å². The Kier molecular flexibility index (Phi) is 6.43. The van der Waals surface area contributed by atoms with Crippen molar-refractivity contribution in [3.05, 3.63) is 92.0 Å². The molecule has 0 radical (unpaired) electrons. The SMILES string of the molecule is CCOC(=O)c1sc(N2C(=O)C(=O)/C(=C(/O)c3ccccc3)[C@@H]2c2cccc([N+](=O)[O-])c2)nc1C. The first-order valence-corrected chi connectivity index (χ1v) is 11.3. The lowest BCUT2D eigenvalue weighted by molar-refractivity contribution is -0.384. The molecule has 1 atom stereocenters. The van der Waals surface area contributed by atoms with Gasteiger partial charge in [-0.1, -0.05) is 53.8 Å². The van der Waals surface area contributed by atoms with E-state index in [0.717, 1.165) is 16.2 Å². The summed E-state index contributed by atoms with van der Waals surface area (Å²) in [6, 6.07) is 12.4. The minimum atomic E-state index is -1.21. The number of nitro groups is 1. The standard InChI is InChI=1S/C24H19N3O7S/c1-3-34-23(31)21-13(2)25-24(35-21)26-18(15-10-7-11-16(12-15)27(32)33)17(20(29)22(26)30)19(28)14-8-5-4-6-9-14/h4-12,18,28H,3H2,1-2H3/b19-17+/t18-/m0/s1. The molecule has 4 rings (SSSR count). The Bertz CT molecular complexity index is 1380. The largest absolute Gasteiger partial charge is 0.507 e. The number of aryl methyl sites for hydroxylation is 1. The summed E-state index contributed by atoms with van der Waals surface area (Å²) in [4.78, 5) is 55.0. The van der Waals surface area contributed by atoms with Crippen LogP contribution >= 0.6 is 11.3 Å². The monoisotopic (exact) mass is 493 g/mol. The number of esters is 1. The van der Waals surface area contributed by atoms with Crippen molar-refractivity contribution < 1.29 is 29.2 Å². The van der Waals surface area contributed by atoms with E-state index in [1.54, 1.807) is 44.2 Å². The molecule has 11 heteroatoms. The minimum Gasteiger partial charge on any atom is -0.507 e. The van der Waals surface area contributed by atoms with Gasteiger partial charge in [-0.05, 0) is 19.4 Å². The van der Waals surface area contributed by atoms with Crippen LogP contribution < -0.4 is 4.90 Å². The van der Waals surface area contributed by atoms with Gasteiger partial charge in [0.2, 0.25) is 0 Å². The van der Waals surface area contributed by atoms with Crippen LogP contribution in [-0.4, -0.2) is 39.3 Å². The zero-order chi connectivity index (χ0) is 25.3. The molecule has 0 spiro atoms. The highest BCUT2D eigenvalue weighted by Gasteiger charge is 2.48. The Morgan fingerprint density at radius 2 is 1.91 bits per heavy atom. The van der Waals surface area contributed by atoms with Gasteiger partial charge >= 0.3 is 11.9 Å². The summed E-state index contributed by atoms with van der Waals surface area (Å²) in [7, 11) is 0. The van der Waals surface area contributed by atoms with Crippen molar-refractivity contribution in [2.24, 2.45) is 0 Å². The lowest BCUT2D eigenvalue weighted by Gasteiger charge is -2.22. The predicted molar refractivity (Wildman–Crippen MR) is 127 cm³/mol. The second-order valence-electron chi connectivity index (χ2n) is 7.52. The second-order valence-corrected chi connectivity index (χ2v) is 8.50. The van der Waals surface area contributed by atoms with Gasteiger partial charge in [0.15, 0.2) is 5.13 Å². The molecule has 0 aliphatic carbocycles. The summed E-state index contributed by atoms with van der Waals surface area (Å²) in [6.07, 6.45) is 0. The molecule has 1 aliphatic rings. The molecule has 10 nitrogen and oxygen atoms in total. The molecule has 1 N–H and O–H groups in total. The molecule has 1 amide bonds. The third-order valence-corrected chi connectivity index (χ3v) is 6.48. The van der Waals surface area contributed by atoms with Crippen molar-refractivity contribution >= 4 is 45.6 Å². The van der Waals surface area contributed by atoms with Crippen LogP contribution in [0.2, 0.25) is 0 Å². The van der Waals surface area contributed by atoms with Crippen molar-refractivity contribution in [2.75, 3.05) is 11.5 Å². The van der Waals surface area contributed by atoms with Gasteiger partial charge in [0.1, 0.15) is 10.6 Å². The zero-order valence-electron chi connectivity index (χ0n) is 18.6. The van der Waals surface area contributed by atoms with Gasteiger partial charge in [0, 0.05) is 17.7 Å². The maximum atomic E-state index is 13.2. The Labute approximate surface area is 203 Å². The number of thiazole rings is 1. The first kappa shape index (κ1) is 23.8. The maximum Gasteiger partial charge on any atom is 0.350 e. The van der Waals surface area contributed by atoms with E-state index in [0.29, 0.717) is 11.3 Å². The molecule has 0 bridgehead atoms. The molecule has 1 fully saturated rings. The molecule has 1 saturated heterocycles. The summed E-state index contributed by atoms with van der Waals surface area (Å²) in [6.45, 7) is 3.36.